The van der Waals surface area contributed by atoms with E-state index in [0.29, 0.717) is 0 Å². The van der Waals surface area contributed by atoms with Crippen LogP contribution in [0.4, 0.5) is 0 Å². The molecule has 0 unspecified atom stereocenters. The van der Waals surface area contributed by atoms with E-state index in [1.54, 1.807) is 21.3 Å². The van der Waals surface area contributed by atoms with E-state index in [2.05, 4.69) is 14.0 Å². The van der Waals surface area contributed by atoms with Crippen molar-refractivity contribution in [2.24, 2.45) is 0 Å². The average molecular weight is 224 g/mol. The summed E-state index contributed by atoms with van der Waals surface area (Å²) in [5.41, 5.74) is 0. The maximum absolute atomic E-state index is 4.74. The first-order valence-electron chi connectivity index (χ1n) is 3.86. The van der Waals surface area contributed by atoms with Gasteiger partial charge in [-0.2, -0.15) is 0 Å². The summed E-state index contributed by atoms with van der Waals surface area (Å²) >= 11 is -1.67. The van der Waals surface area contributed by atoms with Crippen molar-refractivity contribution in [3.8, 4) is 0 Å². The Balaban J connectivity index is 0. The Bertz CT molecular complexity index is 77.3. The molecule has 6 nitrogen and oxygen atoms in total. The fourth-order valence-electron chi connectivity index (χ4n) is 0.577. The second-order valence-corrected chi connectivity index (χ2v) is 3.98. The summed E-state index contributed by atoms with van der Waals surface area (Å²) < 4.78 is 28.0. The molecule has 0 radical (unpaired) electrons. The summed E-state index contributed by atoms with van der Waals surface area (Å²) in [6.07, 6.45) is 0. The van der Waals surface area contributed by atoms with Crippen LogP contribution in [0.5, 0.6) is 0 Å². The summed E-state index contributed by atoms with van der Waals surface area (Å²) in [6, 6.07) is 0. The van der Waals surface area contributed by atoms with Gasteiger partial charge in [-0.15, -0.1) is 0 Å². The molecule has 84 valence electrons. The van der Waals surface area contributed by atoms with Crippen molar-refractivity contribution in [2.45, 2.75) is 0 Å². The SMILES string of the molecule is COB(OC)OC.C[O][Al]([O]C)[O]C. The predicted octanol–water partition coefficient (Wildman–Crippen LogP) is -0.179. The van der Waals surface area contributed by atoms with E-state index in [9.17, 15) is 0 Å². The molecule has 0 N–H and O–H groups in total. The van der Waals surface area contributed by atoms with E-state index in [4.69, 9.17) is 11.4 Å². The van der Waals surface area contributed by atoms with Crippen LogP contribution in [0.25, 0.3) is 0 Å². The Morgan fingerprint density at radius 2 is 0.929 bits per heavy atom. The van der Waals surface area contributed by atoms with Gasteiger partial charge in [0.2, 0.25) is 0 Å². The Morgan fingerprint density at radius 1 is 0.643 bits per heavy atom. The van der Waals surface area contributed by atoms with Crippen LogP contribution >= 0.6 is 0 Å². The zero-order valence-corrected chi connectivity index (χ0v) is 10.8. The monoisotopic (exact) mass is 224 g/mol. The van der Waals surface area contributed by atoms with Crippen LogP contribution in [-0.2, 0) is 25.3 Å². The Labute approximate surface area is 90.9 Å². The van der Waals surface area contributed by atoms with E-state index in [1.165, 1.54) is 21.3 Å². The molecule has 0 saturated heterocycles. The predicted molar refractivity (Wildman–Crippen MR) is 53.6 cm³/mol. The summed E-state index contributed by atoms with van der Waals surface area (Å²) in [7, 11) is 8.74. The smallest absolute Gasteiger partial charge is 0.457 e. The van der Waals surface area contributed by atoms with Gasteiger partial charge in [0.1, 0.15) is 0 Å². The second-order valence-electron chi connectivity index (χ2n) is 1.99. The first-order chi connectivity index (χ1) is 6.69. The summed E-state index contributed by atoms with van der Waals surface area (Å²) in [4.78, 5) is 0. The van der Waals surface area contributed by atoms with Gasteiger partial charge in [0.05, 0.1) is 0 Å². The number of hydrogen-bond acceptors (Lipinski definition) is 6. The van der Waals surface area contributed by atoms with E-state index in [1.807, 2.05) is 0 Å². The summed E-state index contributed by atoms with van der Waals surface area (Å²) in [5.74, 6) is 0. The number of rotatable bonds is 6. The third-order valence-electron chi connectivity index (χ3n) is 1.15. The first-order valence-corrected chi connectivity index (χ1v) is 5.28. The van der Waals surface area contributed by atoms with Gasteiger partial charge in [0.15, 0.2) is 0 Å². The van der Waals surface area contributed by atoms with Crippen molar-refractivity contribution in [1.29, 1.82) is 0 Å². The van der Waals surface area contributed by atoms with Gasteiger partial charge in [-0.1, -0.05) is 0 Å². The van der Waals surface area contributed by atoms with Gasteiger partial charge in [-0.3, -0.25) is 0 Å². The van der Waals surface area contributed by atoms with Gasteiger partial charge in [-0.25, -0.2) is 0 Å². The van der Waals surface area contributed by atoms with E-state index in [0.717, 1.165) is 0 Å². The van der Waals surface area contributed by atoms with E-state index >= 15 is 0 Å². The lowest BCUT2D eigenvalue weighted by Gasteiger charge is -2.01. The molecule has 0 aromatic rings. The van der Waals surface area contributed by atoms with Crippen LogP contribution in [0, 0.1) is 0 Å². The molecule has 0 aromatic heterocycles. The van der Waals surface area contributed by atoms with Crippen molar-refractivity contribution >= 4 is 22.5 Å². The van der Waals surface area contributed by atoms with Gasteiger partial charge >= 0.3 is 22.5 Å². The highest BCUT2D eigenvalue weighted by atomic mass is 27.3. The van der Waals surface area contributed by atoms with Crippen LogP contribution in [0.15, 0.2) is 0 Å². The average Bonchev–Trinajstić information content (AvgIpc) is 2.24. The van der Waals surface area contributed by atoms with E-state index < -0.39 is 22.5 Å². The zero-order valence-electron chi connectivity index (χ0n) is 9.60. The molecule has 0 amide bonds. The highest BCUT2D eigenvalue weighted by Crippen LogP contribution is 1.81. The molecule has 0 fully saturated rings. The van der Waals surface area contributed by atoms with Crippen LogP contribution in [0.3, 0.4) is 0 Å². The lowest BCUT2D eigenvalue weighted by molar-refractivity contribution is 0.163. The molecule has 14 heavy (non-hydrogen) atoms. The minimum atomic E-state index is -1.67. The first kappa shape index (κ1) is 16.8. The minimum absolute atomic E-state index is 0.514. The van der Waals surface area contributed by atoms with Crippen molar-refractivity contribution in [2.75, 3.05) is 42.7 Å². The third kappa shape index (κ3) is 10.4. The standard InChI is InChI=1S/C3H9BO3.3CH3O.Al/c1-5-4(6-2)7-3;3*1-2;/h1-3H3;3*1H3;/q;3*-1;+3. The molecule has 0 spiro atoms. The normalized spacial score (nSPS) is 9.00. The fraction of sp³-hybridized carbons (Fsp3) is 1.00. The highest BCUT2D eigenvalue weighted by molar-refractivity contribution is 6.36. The topological polar surface area (TPSA) is 55.4 Å². The largest absolute Gasteiger partial charge is 0.905 e. The quantitative estimate of drug-likeness (QED) is 0.583. The Morgan fingerprint density at radius 3 is 0.929 bits per heavy atom. The van der Waals surface area contributed by atoms with Gasteiger partial charge in [-0.05, 0) is 0 Å². The molecule has 0 aromatic carbocycles. The maximum Gasteiger partial charge on any atom is 0.905 e. The van der Waals surface area contributed by atoms with Crippen LogP contribution in [-0.4, -0.2) is 65.1 Å². The van der Waals surface area contributed by atoms with Crippen molar-refractivity contribution in [3.05, 3.63) is 0 Å². The Hall–Kier alpha value is 0.357. The molecule has 8 heteroatoms. The van der Waals surface area contributed by atoms with Gasteiger partial charge < -0.3 is 25.3 Å². The summed E-state index contributed by atoms with van der Waals surface area (Å²) in [6.45, 7) is 0. The lowest BCUT2D eigenvalue weighted by Crippen LogP contribution is -2.21. The molecule has 0 heterocycles. The molecule has 0 saturated carbocycles. The molecule has 0 aliphatic heterocycles. The summed E-state index contributed by atoms with van der Waals surface area (Å²) in [5, 5.41) is 0. The molecular weight excluding hydrogens is 206 g/mol. The van der Waals surface area contributed by atoms with Crippen molar-refractivity contribution < 1.29 is 25.3 Å². The third-order valence-corrected chi connectivity index (χ3v) is 2.31. The minimum Gasteiger partial charge on any atom is -0.457 e. The van der Waals surface area contributed by atoms with E-state index in [-0.39, 0.29) is 0 Å². The zero-order chi connectivity index (χ0) is 11.4. The second kappa shape index (κ2) is 13.4. The molecule has 0 aliphatic carbocycles. The van der Waals surface area contributed by atoms with Crippen LogP contribution in [0.2, 0.25) is 0 Å². The highest BCUT2D eigenvalue weighted by Gasteiger charge is 2.24. The molecular formula is C6H18AlBO6. The van der Waals surface area contributed by atoms with Crippen molar-refractivity contribution in [3.63, 3.8) is 0 Å². The maximum atomic E-state index is 4.74. The number of hydrogen-bond donors (Lipinski definition) is 0. The van der Waals surface area contributed by atoms with Crippen LogP contribution < -0.4 is 0 Å². The van der Waals surface area contributed by atoms with Gasteiger partial charge in [0, 0.05) is 42.7 Å². The van der Waals surface area contributed by atoms with Gasteiger partial charge in [0.25, 0.3) is 0 Å². The molecule has 0 aliphatic rings. The fourth-order valence-corrected chi connectivity index (χ4v) is 1.15. The lowest BCUT2D eigenvalue weighted by atomic mass is 10.2. The van der Waals surface area contributed by atoms with Crippen molar-refractivity contribution in [1.82, 2.24) is 0 Å². The Kier molecular flexibility index (Phi) is 16.0. The van der Waals surface area contributed by atoms with Crippen LogP contribution in [0.1, 0.15) is 0 Å². The molecule has 0 atom stereocenters. The molecule has 0 bridgehead atoms. The molecule has 0 rings (SSSR count).